The summed E-state index contributed by atoms with van der Waals surface area (Å²) in [4.78, 5) is 0. The molecule has 1 saturated heterocycles. The maximum Gasteiger partial charge on any atom is 0.168 e. The second-order valence-corrected chi connectivity index (χ2v) is 15.5. The van der Waals surface area contributed by atoms with Crippen LogP contribution in [-0.2, 0) is 9.47 Å². The minimum Gasteiger partial charge on any atom is -0.347 e. The van der Waals surface area contributed by atoms with Crippen molar-refractivity contribution in [1.82, 2.24) is 10.6 Å². The van der Waals surface area contributed by atoms with E-state index in [-0.39, 0.29) is 11.9 Å². The van der Waals surface area contributed by atoms with Crippen molar-refractivity contribution in [2.75, 3.05) is 19.7 Å². The molecule has 0 aromatic heterocycles. The average Bonchev–Trinajstić information content (AvgIpc) is 3.50. The predicted octanol–water partition coefficient (Wildman–Crippen LogP) is 13.5. The summed E-state index contributed by atoms with van der Waals surface area (Å²) in [6.07, 6.45) is 51.9. The summed E-state index contributed by atoms with van der Waals surface area (Å²) in [5, 5.41) is 7.22. The van der Waals surface area contributed by atoms with Crippen LogP contribution in [0.15, 0.2) is 48.6 Å². The molecule has 2 atom stereocenters. The highest BCUT2D eigenvalue weighted by Crippen LogP contribution is 2.34. The fourth-order valence-electron chi connectivity index (χ4n) is 6.96. The van der Waals surface area contributed by atoms with Crippen molar-refractivity contribution in [3.8, 4) is 0 Å². The van der Waals surface area contributed by atoms with Gasteiger partial charge in [-0.3, -0.25) is 0 Å². The molecule has 2 N–H and O–H groups in total. The molecule has 0 aliphatic carbocycles. The van der Waals surface area contributed by atoms with Crippen molar-refractivity contribution < 1.29 is 9.47 Å². The van der Waals surface area contributed by atoms with E-state index in [1.165, 1.54) is 141 Å². The number of rotatable bonds is 36. The Morgan fingerprint density at radius 2 is 0.980 bits per heavy atom. The Labute approximate surface area is 313 Å². The lowest BCUT2D eigenvalue weighted by Crippen LogP contribution is -2.42. The molecule has 4 nitrogen and oxygen atoms in total. The van der Waals surface area contributed by atoms with Crippen LogP contribution in [-0.4, -0.2) is 43.7 Å². The van der Waals surface area contributed by atoms with E-state index >= 15 is 0 Å². The molecule has 0 bridgehead atoms. The normalized spacial score (nSPS) is 17.2. The summed E-state index contributed by atoms with van der Waals surface area (Å²) in [6, 6.07) is 0.965. The van der Waals surface area contributed by atoms with Crippen LogP contribution in [0.25, 0.3) is 0 Å². The van der Waals surface area contributed by atoms with E-state index in [9.17, 15) is 0 Å². The van der Waals surface area contributed by atoms with Gasteiger partial charge in [0.1, 0.15) is 0 Å². The lowest BCUT2D eigenvalue weighted by Gasteiger charge is -2.29. The molecule has 0 radical (unpaired) electrons. The van der Waals surface area contributed by atoms with E-state index in [2.05, 4.69) is 93.9 Å². The van der Waals surface area contributed by atoms with Gasteiger partial charge in [0.05, 0.1) is 12.7 Å². The number of nitrogens with one attached hydrogen (secondary N) is 2. The van der Waals surface area contributed by atoms with Gasteiger partial charge in [-0.2, -0.15) is 0 Å². The van der Waals surface area contributed by atoms with E-state index in [1.807, 2.05) is 0 Å². The topological polar surface area (TPSA) is 42.5 Å². The monoisotopic (exact) mass is 699 g/mol. The Hall–Kier alpha value is -1.20. The Balaban J connectivity index is 2.27. The molecule has 50 heavy (non-hydrogen) atoms. The maximum absolute atomic E-state index is 6.73. The summed E-state index contributed by atoms with van der Waals surface area (Å²) in [7, 11) is 0. The minimum absolute atomic E-state index is 0.162. The van der Waals surface area contributed by atoms with Gasteiger partial charge in [-0.05, 0) is 84.0 Å². The highest BCUT2D eigenvalue weighted by Gasteiger charge is 2.40. The van der Waals surface area contributed by atoms with E-state index in [0.717, 1.165) is 45.4 Å². The molecule has 1 unspecified atom stereocenters. The molecule has 0 aromatic carbocycles. The Morgan fingerprint density at radius 1 is 0.560 bits per heavy atom. The van der Waals surface area contributed by atoms with Gasteiger partial charge in [0.15, 0.2) is 5.79 Å². The zero-order valence-electron chi connectivity index (χ0n) is 34.2. The quantitative estimate of drug-likeness (QED) is 0.0505. The van der Waals surface area contributed by atoms with Crippen LogP contribution in [0.1, 0.15) is 202 Å². The molecule has 292 valence electrons. The van der Waals surface area contributed by atoms with E-state index in [4.69, 9.17) is 9.47 Å². The molecular weight excluding hydrogens is 613 g/mol. The van der Waals surface area contributed by atoms with Gasteiger partial charge in [0.25, 0.3) is 0 Å². The van der Waals surface area contributed by atoms with Gasteiger partial charge in [-0.15, -0.1) is 0 Å². The number of allylic oxidation sites excluding steroid dienone is 8. The lowest BCUT2D eigenvalue weighted by molar-refractivity contribution is -0.179. The lowest BCUT2D eigenvalue weighted by atomic mass is 9.98. The zero-order chi connectivity index (χ0) is 36.2. The van der Waals surface area contributed by atoms with Crippen LogP contribution in [0.4, 0.5) is 0 Å². The standard InChI is InChI=1S/C46H86N2O2/c1-6-8-10-12-14-16-18-20-22-24-26-28-30-32-34-36-38-46(49-42-45(50-46)41-47-40-44(5)48-43(3)4)39-37-35-33-31-29-27-25-23-21-19-17-15-13-11-9-7-2/h14-17,20-23,43-45,47-48H,6-13,18-19,24-42H2,1-5H3/b16-14-,17-15-,22-20-,23-21-/t44?,45-/m1/s1. The fourth-order valence-corrected chi connectivity index (χ4v) is 6.96. The van der Waals surface area contributed by atoms with Crippen molar-refractivity contribution in [3.63, 3.8) is 0 Å². The molecule has 0 amide bonds. The van der Waals surface area contributed by atoms with Crippen LogP contribution in [0.3, 0.4) is 0 Å². The summed E-state index contributed by atoms with van der Waals surface area (Å²) in [5.41, 5.74) is 0. The summed E-state index contributed by atoms with van der Waals surface area (Å²) < 4.78 is 13.3. The Kier molecular flexibility index (Phi) is 32.6. The Morgan fingerprint density at radius 3 is 1.42 bits per heavy atom. The van der Waals surface area contributed by atoms with Gasteiger partial charge >= 0.3 is 0 Å². The van der Waals surface area contributed by atoms with E-state index in [0.29, 0.717) is 12.1 Å². The van der Waals surface area contributed by atoms with Crippen LogP contribution >= 0.6 is 0 Å². The second kappa shape index (κ2) is 34.9. The fraction of sp³-hybridized carbons (Fsp3) is 0.826. The first-order chi connectivity index (χ1) is 24.5. The van der Waals surface area contributed by atoms with Crippen LogP contribution < -0.4 is 10.6 Å². The highest BCUT2D eigenvalue weighted by atomic mass is 16.7. The largest absolute Gasteiger partial charge is 0.347 e. The smallest absolute Gasteiger partial charge is 0.168 e. The van der Waals surface area contributed by atoms with Gasteiger partial charge in [0.2, 0.25) is 0 Å². The zero-order valence-corrected chi connectivity index (χ0v) is 34.2. The van der Waals surface area contributed by atoms with Crippen molar-refractivity contribution in [2.45, 2.75) is 226 Å². The van der Waals surface area contributed by atoms with Gasteiger partial charge in [-0.25, -0.2) is 0 Å². The average molecular weight is 699 g/mol. The first-order valence-corrected chi connectivity index (χ1v) is 21.9. The number of unbranched alkanes of at least 4 members (excludes halogenated alkanes) is 18. The maximum atomic E-state index is 6.73. The van der Waals surface area contributed by atoms with E-state index < -0.39 is 0 Å². The second-order valence-electron chi connectivity index (χ2n) is 15.5. The third-order valence-electron chi connectivity index (χ3n) is 9.87. The number of hydrogen-bond acceptors (Lipinski definition) is 4. The van der Waals surface area contributed by atoms with Gasteiger partial charge in [0, 0.05) is 38.0 Å². The van der Waals surface area contributed by atoms with Crippen molar-refractivity contribution in [1.29, 1.82) is 0 Å². The van der Waals surface area contributed by atoms with Crippen LogP contribution in [0.5, 0.6) is 0 Å². The number of hydrogen-bond donors (Lipinski definition) is 2. The van der Waals surface area contributed by atoms with E-state index in [1.54, 1.807) is 0 Å². The molecule has 1 aliphatic heterocycles. The molecule has 4 heteroatoms. The van der Waals surface area contributed by atoms with Gasteiger partial charge in [-0.1, -0.05) is 153 Å². The molecule has 0 spiro atoms. The summed E-state index contributed by atoms with van der Waals surface area (Å²) in [6.45, 7) is 13.8. The first kappa shape index (κ1) is 46.8. The third-order valence-corrected chi connectivity index (χ3v) is 9.87. The van der Waals surface area contributed by atoms with Crippen molar-refractivity contribution in [2.24, 2.45) is 0 Å². The van der Waals surface area contributed by atoms with Gasteiger partial charge < -0.3 is 20.1 Å². The summed E-state index contributed by atoms with van der Waals surface area (Å²) in [5.74, 6) is -0.362. The molecule has 1 fully saturated rings. The third kappa shape index (κ3) is 29.4. The molecule has 1 aliphatic rings. The number of ether oxygens (including phenoxy) is 2. The highest BCUT2D eigenvalue weighted by molar-refractivity contribution is 4.93. The first-order valence-electron chi connectivity index (χ1n) is 21.9. The molecule has 1 heterocycles. The van der Waals surface area contributed by atoms with Crippen LogP contribution in [0, 0.1) is 0 Å². The molecule has 0 saturated carbocycles. The van der Waals surface area contributed by atoms with Crippen molar-refractivity contribution in [3.05, 3.63) is 48.6 Å². The van der Waals surface area contributed by atoms with Crippen LogP contribution in [0.2, 0.25) is 0 Å². The predicted molar refractivity (Wildman–Crippen MR) is 222 cm³/mol. The summed E-state index contributed by atoms with van der Waals surface area (Å²) >= 11 is 0. The Bertz CT molecular complexity index is 784. The molecular formula is C46H86N2O2. The van der Waals surface area contributed by atoms with Crippen molar-refractivity contribution >= 4 is 0 Å². The molecule has 1 rings (SSSR count). The SMILES string of the molecule is CCCCC/C=C\C/C=C\CCCCCCCCC1(CCCCCCCC/C=C\C/C=C\CCCCC)OC[C@@H](CNCC(C)NC(C)C)O1. The minimum atomic E-state index is -0.362. The molecule has 0 aromatic rings.